The van der Waals surface area contributed by atoms with E-state index in [4.69, 9.17) is 9.98 Å². The molecule has 0 aliphatic heterocycles. The summed E-state index contributed by atoms with van der Waals surface area (Å²) < 4.78 is 0. The summed E-state index contributed by atoms with van der Waals surface area (Å²) in [5, 5.41) is 59.0. The van der Waals surface area contributed by atoms with Crippen LogP contribution in [0.4, 0.5) is 11.4 Å². The molecule has 4 aromatic carbocycles. The number of benzene rings is 4. The van der Waals surface area contributed by atoms with Crippen LogP contribution < -0.4 is 10.2 Å². The van der Waals surface area contributed by atoms with Gasteiger partial charge in [-0.25, -0.2) is 0 Å². The van der Waals surface area contributed by atoms with E-state index in [0.29, 0.717) is 24.0 Å². The standard InChI is InChI=1S/C62H100N2.2C12H16O4.Ni/c1-5-9-13-15-17-19-21-23-25-27-29-31-33-35-37-39-41-43-49-57-51-45-47-55-59(57)63-61(53-11-7-3)62(54-12-8-4)64-60-56-48-46-52-58(60)50-44-42-40-38-36-34-32-30-28-26-24-22-20-18-16-14-10-6-2;2*1-2-3-4-5-8-6-7-9(13)11(14)10(8)12(15)16;/h45-48,51-52,55-56H,5-38,43-44,49-50,53-54H2,1-4H3;2*6-7,13-14H,2-5H2,1H3,(H,15,16);/q;;;+2/p-2. The van der Waals surface area contributed by atoms with Gasteiger partial charge in [0.25, 0.3) is 0 Å². The summed E-state index contributed by atoms with van der Waals surface area (Å²) in [6, 6.07) is 23.1. The number of carboxylic acid groups (broad SMARTS) is 2. The predicted octanol–water partition coefficient (Wildman–Crippen LogP) is 22.9. The number of aliphatic imine (C=N–C) groups is 2. The fraction of sp³-hybridized carbons (Fsp3) is 0.628. The number of carbonyl (C=O) groups is 2. The van der Waals surface area contributed by atoms with Gasteiger partial charge in [0.05, 0.1) is 34.7 Å². The summed E-state index contributed by atoms with van der Waals surface area (Å²) in [4.78, 5) is 32.6. The number of para-hydroxylation sites is 2. The first-order valence-corrected chi connectivity index (χ1v) is 38.6. The fourth-order valence-corrected chi connectivity index (χ4v) is 12.0. The van der Waals surface area contributed by atoms with E-state index >= 15 is 0 Å². The molecule has 542 valence electrons. The van der Waals surface area contributed by atoms with Gasteiger partial charge < -0.3 is 40.2 Å². The SMILES string of the molecule is CCCCCCCCCCCCCCCCC#CCCc1ccccc1N=C(CCCC)C(CCCC)=Nc1ccccc1CCC#CCCCCCCCCCCCCCCCC.CCCCCc1ccc(O)c(O)c1C(=O)[O-].CCCCCc1ccc(O)c(O)c1C(=O)[O-].[Ni+2]. The van der Waals surface area contributed by atoms with Crippen molar-refractivity contribution in [3.8, 4) is 46.7 Å². The topological polar surface area (TPSA) is 186 Å². The molecule has 0 fully saturated rings. The van der Waals surface area contributed by atoms with E-state index in [-0.39, 0.29) is 27.6 Å². The van der Waals surface area contributed by atoms with Crippen LogP contribution in [-0.4, -0.2) is 43.8 Å². The molecule has 0 spiro atoms. The number of phenolic OH excluding ortho intramolecular Hbond substituents is 2. The Kier molecular flexibility index (Phi) is 56.0. The first-order chi connectivity index (χ1) is 46.9. The summed E-state index contributed by atoms with van der Waals surface area (Å²) in [5.74, 6) is 9.01. The number of aromatic hydroxyl groups is 4. The molecule has 0 aliphatic carbocycles. The molecular formula is C86H130N2NiO8. The Balaban J connectivity index is 0.00000115. The van der Waals surface area contributed by atoms with Gasteiger partial charge in [0.15, 0.2) is 23.0 Å². The number of aryl methyl sites for hydroxylation is 4. The molecule has 4 aromatic rings. The second kappa shape index (κ2) is 61.1. The van der Waals surface area contributed by atoms with Gasteiger partial charge in [0, 0.05) is 36.8 Å². The number of phenols is 4. The molecule has 4 rings (SSSR count). The van der Waals surface area contributed by atoms with E-state index in [2.05, 4.69) is 99.9 Å². The van der Waals surface area contributed by atoms with Crippen molar-refractivity contribution in [1.29, 1.82) is 0 Å². The maximum absolute atomic E-state index is 10.8. The van der Waals surface area contributed by atoms with Crippen molar-refractivity contribution >= 4 is 34.7 Å². The molecule has 97 heavy (non-hydrogen) atoms. The van der Waals surface area contributed by atoms with E-state index in [1.807, 2.05) is 13.8 Å². The van der Waals surface area contributed by atoms with Gasteiger partial charge in [0.2, 0.25) is 0 Å². The summed E-state index contributed by atoms with van der Waals surface area (Å²) >= 11 is 0. The molecule has 10 nitrogen and oxygen atoms in total. The zero-order chi connectivity index (χ0) is 69.9. The van der Waals surface area contributed by atoms with Crippen LogP contribution in [0.3, 0.4) is 0 Å². The van der Waals surface area contributed by atoms with E-state index < -0.39 is 34.9 Å². The second-order valence-corrected chi connectivity index (χ2v) is 26.4. The quantitative estimate of drug-likeness (QED) is 0.0111. The van der Waals surface area contributed by atoms with E-state index in [0.717, 1.165) is 138 Å². The molecule has 0 aromatic heterocycles. The van der Waals surface area contributed by atoms with Crippen molar-refractivity contribution in [2.75, 3.05) is 0 Å². The maximum atomic E-state index is 10.8. The zero-order valence-corrected chi connectivity index (χ0v) is 62.5. The maximum Gasteiger partial charge on any atom is 2.00 e. The van der Waals surface area contributed by atoms with Crippen LogP contribution in [0.15, 0.2) is 82.8 Å². The number of unbranched alkanes of at least 4 members (excludes halogenated alkanes) is 34. The van der Waals surface area contributed by atoms with Crippen LogP contribution in [0.5, 0.6) is 23.0 Å². The van der Waals surface area contributed by atoms with E-state index in [1.54, 1.807) is 0 Å². The Hall–Kier alpha value is -6.03. The minimum atomic E-state index is -1.46. The molecule has 4 N–H and O–H groups in total. The molecule has 0 heterocycles. The van der Waals surface area contributed by atoms with Gasteiger partial charge >= 0.3 is 16.5 Å². The van der Waals surface area contributed by atoms with Crippen molar-refractivity contribution in [3.63, 3.8) is 0 Å². The third kappa shape index (κ3) is 42.5. The second-order valence-electron chi connectivity index (χ2n) is 26.4. The number of aromatic carboxylic acids is 2. The van der Waals surface area contributed by atoms with Crippen molar-refractivity contribution in [2.24, 2.45) is 9.98 Å². The molecule has 0 bridgehead atoms. The van der Waals surface area contributed by atoms with Crippen LogP contribution in [0, 0.1) is 23.7 Å². The molecule has 0 aliphatic rings. The van der Waals surface area contributed by atoms with Gasteiger partial charge in [-0.3, -0.25) is 9.98 Å². The number of hydrogen-bond acceptors (Lipinski definition) is 10. The Morgan fingerprint density at radius 3 is 0.887 bits per heavy atom. The molecular weight excluding hydrogens is 1250 g/mol. The largest absolute Gasteiger partial charge is 2.00 e. The molecule has 11 heteroatoms. The average Bonchev–Trinajstić information content (AvgIpc) is 0.936. The minimum Gasteiger partial charge on any atom is -0.545 e. The summed E-state index contributed by atoms with van der Waals surface area (Å²) in [6.45, 7) is 13.3. The third-order valence-corrected chi connectivity index (χ3v) is 18.0. The Labute approximate surface area is 600 Å². The van der Waals surface area contributed by atoms with Crippen molar-refractivity contribution < 1.29 is 56.7 Å². The third-order valence-electron chi connectivity index (χ3n) is 18.0. The van der Waals surface area contributed by atoms with Crippen LogP contribution in [0.2, 0.25) is 0 Å². The molecule has 0 unspecified atom stereocenters. The van der Waals surface area contributed by atoms with Gasteiger partial charge in [-0.1, -0.05) is 296 Å². The van der Waals surface area contributed by atoms with Gasteiger partial charge in [0.1, 0.15) is 0 Å². The van der Waals surface area contributed by atoms with Crippen LogP contribution >= 0.6 is 0 Å². The smallest absolute Gasteiger partial charge is 0.545 e. The molecule has 0 radical (unpaired) electrons. The van der Waals surface area contributed by atoms with Gasteiger partial charge in [-0.2, -0.15) is 0 Å². The van der Waals surface area contributed by atoms with Gasteiger partial charge in [-0.05, 0) is 124 Å². The average molecular weight is 1380 g/mol. The predicted molar refractivity (Wildman–Crippen MR) is 403 cm³/mol. The molecule has 0 amide bonds. The van der Waals surface area contributed by atoms with Crippen molar-refractivity contribution in [1.82, 2.24) is 0 Å². The first-order valence-electron chi connectivity index (χ1n) is 38.6. The number of carboxylic acids is 2. The fourth-order valence-electron chi connectivity index (χ4n) is 12.0. The summed E-state index contributed by atoms with van der Waals surface area (Å²) in [6.07, 6.45) is 58.2. The number of rotatable bonds is 51. The summed E-state index contributed by atoms with van der Waals surface area (Å²) in [7, 11) is 0. The van der Waals surface area contributed by atoms with Crippen LogP contribution in [0.25, 0.3) is 0 Å². The Bertz CT molecular complexity index is 2680. The van der Waals surface area contributed by atoms with Gasteiger partial charge in [-0.15, -0.1) is 23.7 Å². The van der Waals surface area contributed by atoms with Crippen molar-refractivity contribution in [2.45, 2.75) is 350 Å². The van der Waals surface area contributed by atoms with E-state index in [9.17, 15) is 40.2 Å². The minimum absolute atomic E-state index is 0. The zero-order valence-electron chi connectivity index (χ0n) is 61.5. The summed E-state index contributed by atoms with van der Waals surface area (Å²) in [5.41, 5.74) is 7.52. The van der Waals surface area contributed by atoms with E-state index in [1.165, 1.54) is 215 Å². The Morgan fingerprint density at radius 2 is 0.588 bits per heavy atom. The molecule has 0 saturated carbocycles. The number of hydrogen-bond donors (Lipinski definition) is 4. The Morgan fingerprint density at radius 1 is 0.320 bits per heavy atom. The normalized spacial score (nSPS) is 11.1. The number of carbonyl (C=O) groups excluding carboxylic acids is 2. The van der Waals surface area contributed by atoms with Crippen LogP contribution in [-0.2, 0) is 42.2 Å². The first kappa shape index (κ1) is 89.0. The monoisotopic (exact) mass is 1380 g/mol. The number of nitrogens with zero attached hydrogens (tertiary/aromatic N) is 2. The van der Waals surface area contributed by atoms with Crippen molar-refractivity contribution in [3.05, 3.63) is 106 Å². The molecule has 0 saturated heterocycles. The van der Waals surface area contributed by atoms with Crippen LogP contribution in [0.1, 0.15) is 367 Å². The molecule has 0 atom stereocenters.